The van der Waals surface area contributed by atoms with E-state index in [1.165, 1.54) is 0 Å². The summed E-state index contributed by atoms with van der Waals surface area (Å²) in [6, 6.07) is 10.9. The maximum atomic E-state index is 6.38. The second kappa shape index (κ2) is 6.85. The van der Waals surface area contributed by atoms with E-state index < -0.39 is 0 Å². The lowest BCUT2D eigenvalue weighted by molar-refractivity contribution is 0.397. The zero-order valence-electron chi connectivity index (χ0n) is 13.7. The van der Waals surface area contributed by atoms with Crippen molar-refractivity contribution < 1.29 is 4.74 Å². The Morgan fingerprint density at radius 1 is 1.08 bits per heavy atom. The molecule has 26 heavy (non-hydrogen) atoms. The molecule has 3 N–H and O–H groups in total. The van der Waals surface area contributed by atoms with Crippen LogP contribution in [-0.4, -0.2) is 32.3 Å². The quantitative estimate of drug-likeness (QED) is 0.491. The number of anilines is 4. The van der Waals surface area contributed by atoms with Gasteiger partial charge in [0.15, 0.2) is 5.82 Å². The number of methoxy groups -OCH3 is 1. The molecule has 0 aliphatic rings. The topological polar surface area (TPSA) is 101 Å². The van der Waals surface area contributed by atoms with Crippen LogP contribution in [0.4, 0.5) is 23.1 Å². The molecule has 0 spiro atoms. The predicted octanol–water partition coefficient (Wildman–Crippen LogP) is 3.90. The number of rotatable bonds is 5. The van der Waals surface area contributed by atoms with Crippen LogP contribution in [0.2, 0.25) is 5.02 Å². The molecule has 0 saturated carbocycles. The Labute approximate surface area is 153 Å². The summed E-state index contributed by atoms with van der Waals surface area (Å²) in [4.78, 5) is 12.7. The van der Waals surface area contributed by atoms with Crippen molar-refractivity contribution in [2.45, 2.75) is 0 Å². The van der Waals surface area contributed by atoms with E-state index in [9.17, 15) is 0 Å². The minimum atomic E-state index is 0.398. The van der Waals surface area contributed by atoms with E-state index in [-0.39, 0.29) is 0 Å². The van der Waals surface area contributed by atoms with Gasteiger partial charge < -0.3 is 15.4 Å². The van der Waals surface area contributed by atoms with Crippen LogP contribution in [-0.2, 0) is 0 Å². The fourth-order valence-corrected chi connectivity index (χ4v) is 2.64. The molecule has 0 amide bonds. The molecule has 9 heteroatoms. The molecule has 1 aromatic carbocycles. The van der Waals surface area contributed by atoms with E-state index in [4.69, 9.17) is 16.3 Å². The largest absolute Gasteiger partial charge is 0.481 e. The lowest BCUT2D eigenvalue weighted by atomic mass is 10.2. The van der Waals surface area contributed by atoms with Gasteiger partial charge in [-0.1, -0.05) is 11.6 Å². The third kappa shape index (κ3) is 3.22. The maximum Gasteiger partial charge on any atom is 0.230 e. The van der Waals surface area contributed by atoms with Crippen LogP contribution in [0.3, 0.4) is 0 Å². The molecule has 8 nitrogen and oxygen atoms in total. The van der Waals surface area contributed by atoms with Crippen LogP contribution in [0.15, 0.2) is 48.8 Å². The molecule has 130 valence electrons. The van der Waals surface area contributed by atoms with Gasteiger partial charge in [-0.05, 0) is 30.3 Å². The number of ether oxygens (including phenoxy) is 1. The van der Waals surface area contributed by atoms with Gasteiger partial charge in [-0.25, -0.2) is 4.98 Å². The molecule has 4 aromatic rings. The van der Waals surface area contributed by atoms with Gasteiger partial charge >= 0.3 is 0 Å². The van der Waals surface area contributed by atoms with Gasteiger partial charge in [-0.3, -0.25) is 10.1 Å². The molecule has 0 atom stereocenters. The molecule has 3 heterocycles. The summed E-state index contributed by atoms with van der Waals surface area (Å²) in [5.74, 6) is 1.50. The van der Waals surface area contributed by atoms with Crippen LogP contribution >= 0.6 is 11.6 Å². The molecular formula is C17H14ClN7O. The van der Waals surface area contributed by atoms with Gasteiger partial charge in [0.1, 0.15) is 5.52 Å². The molecule has 4 rings (SSSR count). The summed E-state index contributed by atoms with van der Waals surface area (Å²) in [6.45, 7) is 0. The molecule has 0 aliphatic carbocycles. The highest BCUT2D eigenvalue weighted by Gasteiger charge is 2.09. The van der Waals surface area contributed by atoms with Crippen LogP contribution in [0.1, 0.15) is 0 Å². The van der Waals surface area contributed by atoms with E-state index in [0.717, 1.165) is 16.7 Å². The van der Waals surface area contributed by atoms with E-state index in [1.54, 1.807) is 31.6 Å². The molecule has 0 radical (unpaired) electrons. The zero-order valence-corrected chi connectivity index (χ0v) is 14.4. The smallest absolute Gasteiger partial charge is 0.230 e. The molecule has 0 fully saturated rings. The van der Waals surface area contributed by atoms with E-state index in [1.807, 2.05) is 24.3 Å². The zero-order chi connectivity index (χ0) is 17.9. The first-order chi connectivity index (χ1) is 12.7. The fraction of sp³-hybridized carbons (Fsp3) is 0.0588. The molecule has 0 saturated heterocycles. The monoisotopic (exact) mass is 367 g/mol. The number of aromatic nitrogens is 5. The Bertz CT molecular complexity index is 1070. The lowest BCUT2D eigenvalue weighted by Gasteiger charge is -2.10. The highest BCUT2D eigenvalue weighted by atomic mass is 35.5. The lowest BCUT2D eigenvalue weighted by Crippen LogP contribution is -1.99. The van der Waals surface area contributed by atoms with Crippen molar-refractivity contribution in [2.24, 2.45) is 0 Å². The van der Waals surface area contributed by atoms with Crippen molar-refractivity contribution in [3.8, 4) is 5.88 Å². The normalized spacial score (nSPS) is 10.7. The van der Waals surface area contributed by atoms with Crippen molar-refractivity contribution in [3.05, 3.63) is 53.8 Å². The average molecular weight is 368 g/mol. The maximum absolute atomic E-state index is 6.38. The van der Waals surface area contributed by atoms with Gasteiger partial charge in [-0.2, -0.15) is 10.1 Å². The van der Waals surface area contributed by atoms with Crippen molar-refractivity contribution in [1.29, 1.82) is 0 Å². The Hall–Kier alpha value is -3.39. The number of H-pyrrole nitrogens is 1. The first-order valence-corrected chi connectivity index (χ1v) is 8.10. The number of nitrogens with zero attached hydrogens (tertiary/aromatic N) is 4. The SMILES string of the molecule is COc1ccnc(Nc2ccc(Nc3n[nH]c4cccnc34)cc2Cl)n1. The number of nitrogens with one attached hydrogen (secondary N) is 3. The summed E-state index contributed by atoms with van der Waals surface area (Å²) in [6.07, 6.45) is 3.32. The molecule has 0 aliphatic heterocycles. The van der Waals surface area contributed by atoms with Gasteiger partial charge in [-0.15, -0.1) is 0 Å². The Kier molecular flexibility index (Phi) is 4.24. The first kappa shape index (κ1) is 16.1. The number of fused-ring (bicyclic) bond motifs is 1. The third-order valence-corrected chi connectivity index (χ3v) is 3.95. The molecule has 0 unspecified atom stereocenters. The molecule has 3 aromatic heterocycles. The highest BCUT2D eigenvalue weighted by Crippen LogP contribution is 2.30. The fourth-order valence-electron chi connectivity index (χ4n) is 2.41. The Balaban J connectivity index is 1.55. The highest BCUT2D eigenvalue weighted by molar-refractivity contribution is 6.33. The van der Waals surface area contributed by atoms with Gasteiger partial charge in [0.25, 0.3) is 0 Å². The first-order valence-electron chi connectivity index (χ1n) is 7.72. The summed E-state index contributed by atoms with van der Waals surface area (Å²) in [5, 5.41) is 14.0. The van der Waals surface area contributed by atoms with Crippen molar-refractivity contribution in [1.82, 2.24) is 25.1 Å². The summed E-state index contributed by atoms with van der Waals surface area (Å²) in [7, 11) is 1.55. The van der Waals surface area contributed by atoms with Crippen molar-refractivity contribution in [2.75, 3.05) is 17.7 Å². The van der Waals surface area contributed by atoms with Crippen molar-refractivity contribution >= 4 is 45.8 Å². The number of aromatic amines is 1. The third-order valence-electron chi connectivity index (χ3n) is 3.64. The van der Waals surface area contributed by atoms with E-state index >= 15 is 0 Å². The van der Waals surface area contributed by atoms with Crippen LogP contribution < -0.4 is 15.4 Å². The second-order valence-corrected chi connectivity index (χ2v) is 5.75. The Morgan fingerprint density at radius 3 is 2.85 bits per heavy atom. The van der Waals surface area contributed by atoms with Crippen LogP contribution in [0, 0.1) is 0 Å². The number of benzene rings is 1. The summed E-state index contributed by atoms with van der Waals surface area (Å²) in [5.41, 5.74) is 3.08. The van der Waals surface area contributed by atoms with Gasteiger partial charge in [0.05, 0.1) is 23.3 Å². The Morgan fingerprint density at radius 2 is 2.00 bits per heavy atom. The van der Waals surface area contributed by atoms with Crippen LogP contribution in [0.25, 0.3) is 11.0 Å². The second-order valence-electron chi connectivity index (χ2n) is 5.34. The number of pyridine rings is 1. The average Bonchev–Trinajstić information content (AvgIpc) is 3.07. The number of hydrogen-bond acceptors (Lipinski definition) is 7. The summed E-state index contributed by atoms with van der Waals surface area (Å²) < 4.78 is 5.09. The van der Waals surface area contributed by atoms with Gasteiger partial charge in [0, 0.05) is 24.1 Å². The molecular weight excluding hydrogens is 354 g/mol. The predicted molar refractivity (Wildman–Crippen MR) is 100 cm³/mol. The number of halogens is 1. The van der Waals surface area contributed by atoms with Crippen LogP contribution in [0.5, 0.6) is 5.88 Å². The standard InChI is InChI=1S/C17H14ClN7O/c1-26-14-6-8-20-17(23-14)22-12-5-4-10(9-11(12)18)21-16-15-13(24-25-16)3-2-7-19-15/h2-9H,1H3,(H,20,22,23)(H2,21,24,25). The summed E-state index contributed by atoms with van der Waals surface area (Å²) >= 11 is 6.38. The van der Waals surface area contributed by atoms with E-state index in [2.05, 4.69) is 35.8 Å². The molecule has 0 bridgehead atoms. The number of hydrogen-bond donors (Lipinski definition) is 3. The van der Waals surface area contributed by atoms with Gasteiger partial charge in [0.2, 0.25) is 11.8 Å². The van der Waals surface area contributed by atoms with Crippen molar-refractivity contribution in [3.63, 3.8) is 0 Å². The minimum absolute atomic E-state index is 0.398. The van der Waals surface area contributed by atoms with E-state index in [0.29, 0.717) is 28.4 Å². The minimum Gasteiger partial charge on any atom is -0.481 e.